The SMILES string of the molecule is O=C1COc2ccc(-c3ccsc3)nc2CN1Cc1ccc(C(F)(F)F)cc1. The van der Waals surface area contributed by atoms with Crippen LogP contribution >= 0.6 is 11.3 Å². The minimum absolute atomic E-state index is 0.132. The Balaban J connectivity index is 1.57. The van der Waals surface area contributed by atoms with Crippen molar-refractivity contribution in [3.63, 3.8) is 0 Å². The van der Waals surface area contributed by atoms with Gasteiger partial charge in [0.15, 0.2) is 6.61 Å². The van der Waals surface area contributed by atoms with E-state index >= 15 is 0 Å². The van der Waals surface area contributed by atoms with Crippen molar-refractivity contribution in [1.82, 2.24) is 9.88 Å². The van der Waals surface area contributed by atoms with Crippen molar-refractivity contribution in [2.75, 3.05) is 6.61 Å². The maximum Gasteiger partial charge on any atom is 0.416 e. The molecule has 0 unspecified atom stereocenters. The van der Waals surface area contributed by atoms with Crippen molar-refractivity contribution >= 4 is 17.2 Å². The fraction of sp³-hybridized carbons (Fsp3) is 0.200. The number of alkyl halides is 3. The summed E-state index contributed by atoms with van der Waals surface area (Å²) in [5.74, 6) is 0.303. The van der Waals surface area contributed by atoms with E-state index in [1.165, 1.54) is 12.1 Å². The Hall–Kier alpha value is -2.87. The molecular weight excluding hydrogens is 389 g/mol. The average molecular weight is 404 g/mol. The van der Waals surface area contributed by atoms with E-state index in [4.69, 9.17) is 4.74 Å². The Bertz CT molecular complexity index is 986. The third-order valence-electron chi connectivity index (χ3n) is 4.45. The molecule has 4 nitrogen and oxygen atoms in total. The first-order chi connectivity index (χ1) is 13.4. The summed E-state index contributed by atoms with van der Waals surface area (Å²) in [5, 5.41) is 3.94. The minimum Gasteiger partial charge on any atom is -0.482 e. The van der Waals surface area contributed by atoms with Crippen LogP contribution in [0.4, 0.5) is 13.2 Å². The summed E-state index contributed by atoms with van der Waals surface area (Å²) in [7, 11) is 0. The largest absolute Gasteiger partial charge is 0.482 e. The van der Waals surface area contributed by atoms with Gasteiger partial charge in [-0.25, -0.2) is 4.98 Å². The Kier molecular flexibility index (Phi) is 4.80. The van der Waals surface area contributed by atoms with Crippen molar-refractivity contribution < 1.29 is 22.7 Å². The van der Waals surface area contributed by atoms with E-state index in [0.717, 1.165) is 23.4 Å². The molecule has 0 spiro atoms. The first-order valence-electron chi connectivity index (χ1n) is 8.49. The van der Waals surface area contributed by atoms with Crippen LogP contribution in [0, 0.1) is 0 Å². The molecule has 1 amide bonds. The molecular formula is C20H15F3N2O2S. The van der Waals surface area contributed by atoms with E-state index in [2.05, 4.69) is 4.98 Å². The van der Waals surface area contributed by atoms with Crippen LogP contribution < -0.4 is 4.74 Å². The molecule has 0 aliphatic carbocycles. The number of ether oxygens (including phenoxy) is 1. The zero-order chi connectivity index (χ0) is 19.7. The van der Waals surface area contributed by atoms with E-state index in [9.17, 15) is 18.0 Å². The number of benzene rings is 1. The lowest BCUT2D eigenvalue weighted by Crippen LogP contribution is -2.32. The van der Waals surface area contributed by atoms with Gasteiger partial charge in [-0.05, 0) is 41.3 Å². The lowest BCUT2D eigenvalue weighted by molar-refractivity contribution is -0.137. The first kappa shape index (κ1) is 18.5. The van der Waals surface area contributed by atoms with Gasteiger partial charge >= 0.3 is 6.18 Å². The van der Waals surface area contributed by atoms with Crippen LogP contribution in [-0.4, -0.2) is 22.4 Å². The van der Waals surface area contributed by atoms with Gasteiger partial charge in [-0.3, -0.25) is 4.79 Å². The summed E-state index contributed by atoms with van der Waals surface area (Å²) in [6, 6.07) is 10.4. The second kappa shape index (κ2) is 7.27. The minimum atomic E-state index is -4.38. The summed E-state index contributed by atoms with van der Waals surface area (Å²) in [6.45, 7) is 0.282. The molecule has 8 heteroatoms. The van der Waals surface area contributed by atoms with Crippen LogP contribution in [-0.2, 0) is 24.1 Å². The molecule has 1 aliphatic rings. The van der Waals surface area contributed by atoms with E-state index in [1.807, 2.05) is 22.9 Å². The smallest absolute Gasteiger partial charge is 0.416 e. The van der Waals surface area contributed by atoms with E-state index < -0.39 is 11.7 Å². The fourth-order valence-electron chi connectivity index (χ4n) is 2.97. The van der Waals surface area contributed by atoms with Crippen molar-refractivity contribution in [2.24, 2.45) is 0 Å². The van der Waals surface area contributed by atoms with Gasteiger partial charge in [0.25, 0.3) is 5.91 Å². The Morgan fingerprint density at radius 1 is 1.11 bits per heavy atom. The van der Waals surface area contributed by atoms with Gasteiger partial charge in [0.2, 0.25) is 0 Å². The van der Waals surface area contributed by atoms with Gasteiger partial charge in [0, 0.05) is 17.5 Å². The summed E-state index contributed by atoms with van der Waals surface area (Å²) < 4.78 is 43.7. The number of rotatable bonds is 3. The van der Waals surface area contributed by atoms with Crippen molar-refractivity contribution in [3.05, 3.63) is 70.0 Å². The third kappa shape index (κ3) is 3.87. The first-order valence-corrected chi connectivity index (χ1v) is 9.43. The number of hydrogen-bond acceptors (Lipinski definition) is 4. The Labute approximate surface area is 163 Å². The molecule has 1 aromatic carbocycles. The molecule has 0 atom stereocenters. The summed E-state index contributed by atoms with van der Waals surface area (Å²) in [6.07, 6.45) is -4.38. The molecule has 0 saturated heterocycles. The molecule has 0 bridgehead atoms. The maximum atomic E-state index is 12.7. The van der Waals surface area contributed by atoms with Crippen molar-refractivity contribution in [2.45, 2.75) is 19.3 Å². The molecule has 0 saturated carbocycles. The second-order valence-electron chi connectivity index (χ2n) is 6.39. The molecule has 1 aliphatic heterocycles. The predicted molar refractivity (Wildman–Crippen MR) is 98.7 cm³/mol. The lowest BCUT2D eigenvalue weighted by atomic mass is 10.1. The third-order valence-corrected chi connectivity index (χ3v) is 5.13. The quantitative estimate of drug-likeness (QED) is 0.633. The van der Waals surface area contributed by atoms with Crippen LogP contribution in [0.5, 0.6) is 5.75 Å². The van der Waals surface area contributed by atoms with Crippen LogP contribution in [0.1, 0.15) is 16.8 Å². The van der Waals surface area contributed by atoms with Crippen LogP contribution in [0.3, 0.4) is 0 Å². The molecule has 0 fully saturated rings. The molecule has 0 N–H and O–H groups in total. The fourth-order valence-corrected chi connectivity index (χ4v) is 3.62. The second-order valence-corrected chi connectivity index (χ2v) is 7.17. The number of fused-ring (bicyclic) bond motifs is 1. The average Bonchev–Trinajstić information content (AvgIpc) is 3.15. The summed E-state index contributed by atoms with van der Waals surface area (Å²) in [4.78, 5) is 18.6. The summed E-state index contributed by atoms with van der Waals surface area (Å²) >= 11 is 1.57. The normalized spacial score (nSPS) is 14.4. The van der Waals surface area contributed by atoms with Gasteiger partial charge in [-0.1, -0.05) is 12.1 Å². The molecule has 28 heavy (non-hydrogen) atoms. The number of amides is 1. The van der Waals surface area contributed by atoms with Gasteiger partial charge in [-0.2, -0.15) is 24.5 Å². The van der Waals surface area contributed by atoms with E-state index in [0.29, 0.717) is 17.0 Å². The number of thiophene rings is 1. The van der Waals surface area contributed by atoms with Gasteiger partial charge < -0.3 is 9.64 Å². The molecule has 4 rings (SSSR count). The highest BCUT2D eigenvalue weighted by Crippen LogP contribution is 2.30. The predicted octanol–water partition coefficient (Wildman–Crippen LogP) is 4.75. The van der Waals surface area contributed by atoms with Crippen LogP contribution in [0.15, 0.2) is 53.2 Å². The highest BCUT2D eigenvalue weighted by atomic mass is 32.1. The topological polar surface area (TPSA) is 42.4 Å². The molecule has 2 aromatic heterocycles. The van der Waals surface area contributed by atoms with Crippen LogP contribution in [0.25, 0.3) is 11.3 Å². The number of aromatic nitrogens is 1. The Morgan fingerprint density at radius 2 is 1.89 bits per heavy atom. The van der Waals surface area contributed by atoms with E-state index in [1.54, 1.807) is 22.3 Å². The van der Waals surface area contributed by atoms with Crippen LogP contribution in [0.2, 0.25) is 0 Å². The van der Waals surface area contributed by atoms with Gasteiger partial charge in [0.05, 0.1) is 17.8 Å². The number of carbonyl (C=O) groups excluding carboxylic acids is 1. The van der Waals surface area contributed by atoms with Gasteiger partial charge in [-0.15, -0.1) is 0 Å². The highest BCUT2D eigenvalue weighted by molar-refractivity contribution is 7.08. The standard InChI is InChI=1S/C20H15F3N2O2S/c21-20(22,23)15-3-1-13(2-4-15)9-25-10-17-18(27-11-19(25)26)6-5-16(24-17)14-7-8-28-12-14/h1-8,12H,9-11H2. The number of nitrogens with zero attached hydrogens (tertiary/aromatic N) is 2. The maximum absolute atomic E-state index is 12.7. The van der Waals surface area contributed by atoms with E-state index in [-0.39, 0.29) is 25.6 Å². The molecule has 144 valence electrons. The highest BCUT2D eigenvalue weighted by Gasteiger charge is 2.30. The lowest BCUT2D eigenvalue weighted by Gasteiger charge is -2.20. The number of pyridine rings is 1. The molecule has 3 aromatic rings. The number of carbonyl (C=O) groups is 1. The summed E-state index contributed by atoms with van der Waals surface area (Å²) in [5.41, 5.74) is 2.29. The van der Waals surface area contributed by atoms with Gasteiger partial charge in [0.1, 0.15) is 11.4 Å². The zero-order valence-corrected chi connectivity index (χ0v) is 15.4. The van der Waals surface area contributed by atoms with Crippen molar-refractivity contribution in [3.8, 4) is 17.0 Å². The monoisotopic (exact) mass is 404 g/mol. The Morgan fingerprint density at radius 3 is 2.57 bits per heavy atom. The molecule has 3 heterocycles. The number of hydrogen-bond donors (Lipinski definition) is 0. The van der Waals surface area contributed by atoms with Crippen molar-refractivity contribution in [1.29, 1.82) is 0 Å². The zero-order valence-electron chi connectivity index (χ0n) is 14.6. The number of halogens is 3. The molecule has 0 radical (unpaired) electrons.